The monoisotopic (exact) mass is 383 g/mol. The molecule has 28 heavy (non-hydrogen) atoms. The zero-order valence-corrected chi connectivity index (χ0v) is 16.7. The molecule has 0 aliphatic carbocycles. The molecule has 5 nitrogen and oxygen atoms in total. The molecule has 0 aromatic heterocycles. The fraction of sp³-hybridized carbons (Fsp3) is 0.391. The average Bonchev–Trinajstić information content (AvgIpc) is 2.74. The van der Waals surface area contributed by atoms with E-state index < -0.39 is 11.8 Å². The third-order valence-corrected chi connectivity index (χ3v) is 4.99. The summed E-state index contributed by atoms with van der Waals surface area (Å²) < 4.78 is 4.83. The maximum Gasteiger partial charge on any atom is 0.310 e. The third kappa shape index (κ3) is 5.20. The second kappa shape index (κ2) is 10.6. The van der Waals surface area contributed by atoms with E-state index in [1.807, 2.05) is 67.6 Å². The van der Waals surface area contributed by atoms with Gasteiger partial charge in [0, 0.05) is 6.54 Å². The minimum absolute atomic E-state index is 0.131. The lowest BCUT2D eigenvalue weighted by atomic mass is 9.89. The van der Waals surface area contributed by atoms with Crippen LogP contribution in [0.1, 0.15) is 37.3 Å². The van der Waals surface area contributed by atoms with Crippen molar-refractivity contribution in [1.29, 1.82) is 0 Å². The lowest BCUT2D eigenvalue weighted by Crippen LogP contribution is -2.47. The molecule has 0 aliphatic rings. The predicted octanol–water partition coefficient (Wildman–Crippen LogP) is 3.23. The fourth-order valence-corrected chi connectivity index (χ4v) is 3.37. The molecule has 0 bridgehead atoms. The number of aliphatic hydroxyl groups excluding tert-OH is 1. The SMILES string of the molecule is CCC(CO)N(CC(C)C(=O)OC)C(=O)C(c1ccccc1)c1ccccc1. The first-order chi connectivity index (χ1) is 13.5. The zero-order chi connectivity index (χ0) is 20.5. The summed E-state index contributed by atoms with van der Waals surface area (Å²) in [5.74, 6) is -1.50. The van der Waals surface area contributed by atoms with Crippen molar-refractivity contribution in [3.8, 4) is 0 Å². The molecule has 2 atom stereocenters. The van der Waals surface area contributed by atoms with Crippen molar-refractivity contribution in [3.05, 3.63) is 71.8 Å². The van der Waals surface area contributed by atoms with E-state index in [0.717, 1.165) is 11.1 Å². The van der Waals surface area contributed by atoms with Crippen molar-refractivity contribution < 1.29 is 19.4 Å². The van der Waals surface area contributed by atoms with Gasteiger partial charge in [0.05, 0.1) is 31.6 Å². The van der Waals surface area contributed by atoms with Crippen LogP contribution in [0, 0.1) is 5.92 Å². The number of carbonyl (C=O) groups excluding carboxylic acids is 2. The van der Waals surface area contributed by atoms with E-state index in [-0.39, 0.29) is 31.1 Å². The van der Waals surface area contributed by atoms with Crippen molar-refractivity contribution in [3.63, 3.8) is 0 Å². The van der Waals surface area contributed by atoms with Crippen LogP contribution in [0.4, 0.5) is 0 Å². The van der Waals surface area contributed by atoms with Crippen LogP contribution in [-0.2, 0) is 14.3 Å². The van der Waals surface area contributed by atoms with E-state index >= 15 is 0 Å². The van der Waals surface area contributed by atoms with Crippen LogP contribution in [0.3, 0.4) is 0 Å². The van der Waals surface area contributed by atoms with Crippen molar-refractivity contribution in [2.24, 2.45) is 5.92 Å². The van der Waals surface area contributed by atoms with Gasteiger partial charge < -0.3 is 14.7 Å². The summed E-state index contributed by atoms with van der Waals surface area (Å²) in [4.78, 5) is 27.3. The van der Waals surface area contributed by atoms with Gasteiger partial charge in [0.2, 0.25) is 5.91 Å². The van der Waals surface area contributed by atoms with Gasteiger partial charge in [-0.05, 0) is 17.5 Å². The Morgan fingerprint density at radius 3 is 1.89 bits per heavy atom. The summed E-state index contributed by atoms with van der Waals surface area (Å²) in [5.41, 5.74) is 1.75. The van der Waals surface area contributed by atoms with Crippen LogP contribution in [0.15, 0.2) is 60.7 Å². The quantitative estimate of drug-likeness (QED) is 0.675. The maximum absolute atomic E-state index is 13.7. The van der Waals surface area contributed by atoms with Crippen molar-refractivity contribution >= 4 is 11.9 Å². The minimum atomic E-state index is -0.507. The van der Waals surface area contributed by atoms with Gasteiger partial charge in [-0.2, -0.15) is 0 Å². The lowest BCUT2D eigenvalue weighted by Gasteiger charge is -2.35. The summed E-state index contributed by atoms with van der Waals surface area (Å²) in [6.07, 6.45) is 0.590. The van der Waals surface area contributed by atoms with Gasteiger partial charge >= 0.3 is 5.97 Å². The molecular weight excluding hydrogens is 354 g/mol. The number of benzene rings is 2. The number of methoxy groups -OCH3 is 1. The van der Waals surface area contributed by atoms with E-state index in [9.17, 15) is 14.7 Å². The lowest BCUT2D eigenvalue weighted by molar-refractivity contribution is -0.147. The Kier molecular flexibility index (Phi) is 8.20. The Bertz CT molecular complexity index is 704. The first kappa shape index (κ1) is 21.6. The molecule has 2 aromatic carbocycles. The zero-order valence-electron chi connectivity index (χ0n) is 16.7. The highest BCUT2D eigenvalue weighted by Crippen LogP contribution is 2.28. The van der Waals surface area contributed by atoms with Gasteiger partial charge in [-0.15, -0.1) is 0 Å². The molecule has 0 fully saturated rings. The first-order valence-electron chi connectivity index (χ1n) is 9.62. The van der Waals surface area contributed by atoms with Gasteiger partial charge in [-0.25, -0.2) is 0 Å². The summed E-state index contributed by atoms with van der Waals surface area (Å²) >= 11 is 0. The summed E-state index contributed by atoms with van der Waals surface area (Å²) in [6.45, 7) is 3.69. The van der Waals surface area contributed by atoms with E-state index in [0.29, 0.717) is 6.42 Å². The van der Waals surface area contributed by atoms with Gasteiger partial charge in [0.1, 0.15) is 0 Å². The van der Waals surface area contributed by atoms with Crippen molar-refractivity contribution in [1.82, 2.24) is 4.90 Å². The van der Waals surface area contributed by atoms with Crippen LogP contribution < -0.4 is 0 Å². The van der Waals surface area contributed by atoms with E-state index in [1.54, 1.807) is 11.8 Å². The van der Waals surface area contributed by atoms with Gasteiger partial charge in [0.25, 0.3) is 0 Å². The Balaban J connectivity index is 2.45. The van der Waals surface area contributed by atoms with Gasteiger partial charge in [0.15, 0.2) is 0 Å². The molecule has 0 radical (unpaired) electrons. The van der Waals surface area contributed by atoms with Gasteiger partial charge in [-0.1, -0.05) is 74.5 Å². The Hall–Kier alpha value is -2.66. The molecule has 2 aromatic rings. The van der Waals surface area contributed by atoms with Crippen LogP contribution in [-0.4, -0.2) is 48.2 Å². The molecular formula is C23H29NO4. The van der Waals surface area contributed by atoms with Crippen molar-refractivity contribution in [2.75, 3.05) is 20.3 Å². The molecule has 0 spiro atoms. The number of hydrogen-bond donors (Lipinski definition) is 1. The van der Waals surface area contributed by atoms with Gasteiger partial charge in [-0.3, -0.25) is 9.59 Å². The average molecular weight is 383 g/mol. The molecule has 2 unspecified atom stereocenters. The molecule has 0 aliphatic heterocycles. The number of nitrogens with zero attached hydrogens (tertiary/aromatic N) is 1. The van der Waals surface area contributed by atoms with Crippen LogP contribution >= 0.6 is 0 Å². The largest absolute Gasteiger partial charge is 0.469 e. The molecule has 0 heterocycles. The maximum atomic E-state index is 13.7. The molecule has 150 valence electrons. The fourth-order valence-electron chi connectivity index (χ4n) is 3.37. The normalized spacial score (nSPS) is 13.0. The number of carbonyl (C=O) groups is 2. The minimum Gasteiger partial charge on any atom is -0.469 e. The van der Waals surface area contributed by atoms with Crippen LogP contribution in [0.2, 0.25) is 0 Å². The van der Waals surface area contributed by atoms with Crippen LogP contribution in [0.25, 0.3) is 0 Å². The standard InChI is InChI=1S/C23H29NO4/c1-4-20(16-25)24(15-17(2)23(27)28-3)22(26)21(18-11-7-5-8-12-18)19-13-9-6-10-14-19/h5-14,17,20-21,25H,4,15-16H2,1-3H3. The summed E-state index contributed by atoms with van der Waals surface area (Å²) in [5, 5.41) is 9.87. The first-order valence-corrected chi connectivity index (χ1v) is 9.62. The number of hydrogen-bond acceptors (Lipinski definition) is 4. The molecule has 1 N–H and O–H groups in total. The molecule has 1 amide bonds. The van der Waals surface area contributed by atoms with Crippen molar-refractivity contribution in [2.45, 2.75) is 32.2 Å². The number of ether oxygens (including phenoxy) is 1. The number of aliphatic hydroxyl groups is 1. The smallest absolute Gasteiger partial charge is 0.310 e. The highest BCUT2D eigenvalue weighted by atomic mass is 16.5. The predicted molar refractivity (Wildman–Crippen MR) is 109 cm³/mol. The second-order valence-electron chi connectivity index (χ2n) is 6.91. The highest BCUT2D eigenvalue weighted by molar-refractivity contribution is 5.88. The topological polar surface area (TPSA) is 66.8 Å². The van der Waals surface area contributed by atoms with E-state index in [1.165, 1.54) is 7.11 Å². The number of esters is 1. The van der Waals surface area contributed by atoms with E-state index in [4.69, 9.17) is 4.74 Å². The third-order valence-electron chi connectivity index (χ3n) is 4.99. The number of rotatable bonds is 9. The second-order valence-corrected chi connectivity index (χ2v) is 6.91. The molecule has 0 saturated heterocycles. The Morgan fingerprint density at radius 2 is 1.50 bits per heavy atom. The summed E-state index contributed by atoms with van der Waals surface area (Å²) in [6, 6.07) is 18.8. The highest BCUT2D eigenvalue weighted by Gasteiger charge is 2.33. The molecule has 0 saturated carbocycles. The molecule has 2 rings (SSSR count). The number of amides is 1. The van der Waals surface area contributed by atoms with Crippen LogP contribution in [0.5, 0.6) is 0 Å². The molecule has 5 heteroatoms. The summed E-state index contributed by atoms with van der Waals surface area (Å²) in [7, 11) is 1.34. The van der Waals surface area contributed by atoms with E-state index in [2.05, 4.69) is 0 Å². The Labute approximate surface area is 166 Å². The Morgan fingerprint density at radius 1 is 1.00 bits per heavy atom.